The molecule has 0 radical (unpaired) electrons. The summed E-state index contributed by atoms with van der Waals surface area (Å²) in [5, 5.41) is 9.30. The lowest BCUT2D eigenvalue weighted by Crippen LogP contribution is -2.39. The van der Waals surface area contributed by atoms with Gasteiger partial charge >= 0.3 is 5.97 Å². The van der Waals surface area contributed by atoms with E-state index in [0.29, 0.717) is 32.4 Å². The first-order chi connectivity index (χ1) is 8.48. The molecule has 3 N–H and O–H groups in total. The standard InChI is InChI=1S/C13H20N2O3/c1-2-13(12(17)18)5-6-15(8-13)11(16)9-3-4-10(14)7-9/h3-4,9-10H,2,5-8,14H2,1H3,(H,17,18). The number of carboxylic acid groups (broad SMARTS) is 1. The molecule has 0 aromatic heterocycles. The van der Waals surface area contributed by atoms with Gasteiger partial charge in [0.2, 0.25) is 5.91 Å². The van der Waals surface area contributed by atoms with Crippen LogP contribution in [0.3, 0.4) is 0 Å². The van der Waals surface area contributed by atoms with E-state index in [-0.39, 0.29) is 17.9 Å². The van der Waals surface area contributed by atoms with E-state index in [1.54, 1.807) is 4.90 Å². The zero-order valence-electron chi connectivity index (χ0n) is 10.6. The number of carbonyl (C=O) groups is 2. The fourth-order valence-electron chi connectivity index (χ4n) is 2.82. The van der Waals surface area contributed by atoms with Gasteiger partial charge in [-0.15, -0.1) is 0 Å². The van der Waals surface area contributed by atoms with Crippen LogP contribution in [0.4, 0.5) is 0 Å². The number of amides is 1. The first-order valence-corrected chi connectivity index (χ1v) is 6.44. The molecule has 0 bridgehead atoms. The van der Waals surface area contributed by atoms with Crippen molar-refractivity contribution in [3.8, 4) is 0 Å². The van der Waals surface area contributed by atoms with Crippen LogP contribution < -0.4 is 5.73 Å². The minimum absolute atomic E-state index is 0.0239. The van der Waals surface area contributed by atoms with Crippen LogP contribution in [0.5, 0.6) is 0 Å². The molecule has 5 heteroatoms. The highest BCUT2D eigenvalue weighted by molar-refractivity contribution is 5.83. The largest absolute Gasteiger partial charge is 0.481 e. The molecule has 0 saturated carbocycles. The summed E-state index contributed by atoms with van der Waals surface area (Å²) in [6.45, 7) is 2.74. The molecular formula is C13H20N2O3. The van der Waals surface area contributed by atoms with Crippen LogP contribution in [0.25, 0.3) is 0 Å². The Labute approximate surface area is 107 Å². The molecule has 3 unspecified atom stereocenters. The molecule has 2 aliphatic rings. The van der Waals surface area contributed by atoms with E-state index in [2.05, 4.69) is 0 Å². The van der Waals surface area contributed by atoms with Crippen LogP contribution in [0.15, 0.2) is 12.2 Å². The lowest BCUT2D eigenvalue weighted by atomic mass is 9.84. The summed E-state index contributed by atoms with van der Waals surface area (Å²) in [5.74, 6) is -0.934. The molecule has 0 aromatic carbocycles. The van der Waals surface area contributed by atoms with E-state index in [1.165, 1.54) is 0 Å². The Morgan fingerprint density at radius 3 is 2.67 bits per heavy atom. The third kappa shape index (κ3) is 2.14. The number of carbonyl (C=O) groups excluding carboxylic acids is 1. The van der Waals surface area contributed by atoms with Crippen LogP contribution in [-0.2, 0) is 9.59 Å². The molecule has 1 aliphatic heterocycles. The van der Waals surface area contributed by atoms with Gasteiger partial charge < -0.3 is 15.7 Å². The summed E-state index contributed by atoms with van der Waals surface area (Å²) in [6, 6.07) is -0.0445. The number of aliphatic carboxylic acids is 1. The smallest absolute Gasteiger partial charge is 0.311 e. The van der Waals surface area contributed by atoms with Gasteiger partial charge in [0.05, 0.1) is 11.3 Å². The van der Waals surface area contributed by atoms with E-state index in [0.717, 1.165) is 0 Å². The second kappa shape index (κ2) is 4.72. The van der Waals surface area contributed by atoms with Gasteiger partial charge in [-0.1, -0.05) is 19.1 Å². The maximum Gasteiger partial charge on any atom is 0.311 e. The first kappa shape index (κ1) is 13.1. The van der Waals surface area contributed by atoms with Gasteiger partial charge in [0.25, 0.3) is 0 Å². The third-order valence-electron chi connectivity index (χ3n) is 4.23. The quantitative estimate of drug-likeness (QED) is 0.721. The Balaban J connectivity index is 2.02. The molecule has 0 spiro atoms. The maximum atomic E-state index is 12.2. The zero-order chi connectivity index (χ0) is 13.3. The highest BCUT2D eigenvalue weighted by Crippen LogP contribution is 2.35. The summed E-state index contributed by atoms with van der Waals surface area (Å²) >= 11 is 0. The van der Waals surface area contributed by atoms with Crippen LogP contribution in [0.2, 0.25) is 0 Å². The Morgan fingerprint density at radius 2 is 2.22 bits per heavy atom. The van der Waals surface area contributed by atoms with Crippen molar-refractivity contribution in [3.05, 3.63) is 12.2 Å². The Hall–Kier alpha value is -1.36. The molecule has 100 valence electrons. The first-order valence-electron chi connectivity index (χ1n) is 6.44. The van der Waals surface area contributed by atoms with Gasteiger partial charge in [0.15, 0.2) is 0 Å². The minimum Gasteiger partial charge on any atom is -0.481 e. The molecule has 1 saturated heterocycles. The Bertz CT molecular complexity index is 394. The van der Waals surface area contributed by atoms with Crippen molar-refractivity contribution in [1.29, 1.82) is 0 Å². The highest BCUT2D eigenvalue weighted by Gasteiger charge is 2.45. The maximum absolute atomic E-state index is 12.2. The van der Waals surface area contributed by atoms with E-state index in [4.69, 9.17) is 5.73 Å². The van der Waals surface area contributed by atoms with Crippen molar-refractivity contribution in [2.24, 2.45) is 17.1 Å². The van der Waals surface area contributed by atoms with Crippen molar-refractivity contribution in [2.75, 3.05) is 13.1 Å². The number of carboxylic acids is 1. The van der Waals surface area contributed by atoms with Gasteiger partial charge in [-0.2, -0.15) is 0 Å². The van der Waals surface area contributed by atoms with Crippen molar-refractivity contribution in [1.82, 2.24) is 4.90 Å². The average molecular weight is 252 g/mol. The molecule has 0 aromatic rings. The SMILES string of the molecule is CCC1(C(=O)O)CCN(C(=O)C2C=CC(N)C2)C1. The van der Waals surface area contributed by atoms with E-state index < -0.39 is 11.4 Å². The molecule has 1 aliphatic carbocycles. The van der Waals surface area contributed by atoms with Crippen molar-refractivity contribution in [2.45, 2.75) is 32.2 Å². The molecule has 3 atom stereocenters. The van der Waals surface area contributed by atoms with Gasteiger partial charge in [-0.3, -0.25) is 9.59 Å². The van der Waals surface area contributed by atoms with E-state index in [1.807, 2.05) is 19.1 Å². The average Bonchev–Trinajstić information content (AvgIpc) is 2.95. The van der Waals surface area contributed by atoms with Crippen LogP contribution >= 0.6 is 0 Å². The predicted octanol–water partition coefficient (Wildman–Crippen LogP) is 0.603. The minimum atomic E-state index is -0.793. The fraction of sp³-hybridized carbons (Fsp3) is 0.692. The third-order valence-corrected chi connectivity index (χ3v) is 4.23. The number of rotatable bonds is 3. The second-order valence-corrected chi connectivity index (χ2v) is 5.34. The zero-order valence-corrected chi connectivity index (χ0v) is 10.6. The Morgan fingerprint density at radius 1 is 1.50 bits per heavy atom. The van der Waals surface area contributed by atoms with Gasteiger partial charge in [-0.05, 0) is 19.3 Å². The molecule has 5 nitrogen and oxygen atoms in total. The molecule has 1 heterocycles. The van der Waals surface area contributed by atoms with Crippen molar-refractivity contribution in [3.63, 3.8) is 0 Å². The van der Waals surface area contributed by atoms with Crippen LogP contribution in [-0.4, -0.2) is 41.0 Å². The van der Waals surface area contributed by atoms with Crippen LogP contribution in [0, 0.1) is 11.3 Å². The number of likely N-dealkylation sites (tertiary alicyclic amines) is 1. The van der Waals surface area contributed by atoms with Gasteiger partial charge in [0.1, 0.15) is 0 Å². The number of nitrogens with two attached hydrogens (primary N) is 1. The second-order valence-electron chi connectivity index (χ2n) is 5.34. The lowest BCUT2D eigenvalue weighted by molar-refractivity contribution is -0.148. The van der Waals surface area contributed by atoms with E-state index >= 15 is 0 Å². The predicted molar refractivity (Wildman–Crippen MR) is 66.8 cm³/mol. The lowest BCUT2D eigenvalue weighted by Gasteiger charge is -2.24. The van der Waals surface area contributed by atoms with Gasteiger partial charge in [-0.25, -0.2) is 0 Å². The molecule has 1 amide bonds. The summed E-state index contributed by atoms with van der Waals surface area (Å²) in [4.78, 5) is 25.3. The normalized spacial score (nSPS) is 35.1. The Kier molecular flexibility index (Phi) is 3.43. The fourth-order valence-corrected chi connectivity index (χ4v) is 2.82. The topological polar surface area (TPSA) is 83.6 Å². The van der Waals surface area contributed by atoms with Crippen LogP contribution in [0.1, 0.15) is 26.2 Å². The number of nitrogens with zero attached hydrogens (tertiary/aromatic N) is 1. The molecule has 18 heavy (non-hydrogen) atoms. The molecular weight excluding hydrogens is 232 g/mol. The summed E-state index contributed by atoms with van der Waals surface area (Å²) in [5.41, 5.74) is 4.99. The highest BCUT2D eigenvalue weighted by atomic mass is 16.4. The molecule has 1 fully saturated rings. The summed E-state index contributed by atoms with van der Waals surface area (Å²) < 4.78 is 0. The van der Waals surface area contributed by atoms with Crippen molar-refractivity contribution < 1.29 is 14.7 Å². The monoisotopic (exact) mass is 252 g/mol. The summed E-state index contributed by atoms with van der Waals surface area (Å²) in [7, 11) is 0. The number of hydrogen-bond donors (Lipinski definition) is 2. The number of hydrogen-bond acceptors (Lipinski definition) is 3. The summed E-state index contributed by atoms with van der Waals surface area (Å²) in [6.07, 6.45) is 5.45. The van der Waals surface area contributed by atoms with E-state index in [9.17, 15) is 14.7 Å². The van der Waals surface area contributed by atoms with Crippen molar-refractivity contribution >= 4 is 11.9 Å². The molecule has 2 rings (SSSR count). The van der Waals surface area contributed by atoms with Gasteiger partial charge in [0, 0.05) is 19.1 Å².